The lowest BCUT2D eigenvalue weighted by molar-refractivity contribution is -0.137. The lowest BCUT2D eigenvalue weighted by atomic mass is 10.1. The number of carbonyl (C=O) groups excluding carboxylic acids is 1. The normalized spacial score (nSPS) is 14.2. The fourth-order valence-electron chi connectivity index (χ4n) is 5.38. The molecule has 1 amide bonds. The number of unbranched alkanes of at least 4 members (excludes halogenated alkanes) is 3. The molecule has 0 saturated heterocycles. The van der Waals surface area contributed by atoms with Crippen LogP contribution >= 0.6 is 0 Å². The Morgan fingerprint density at radius 2 is 1.85 bits per heavy atom. The van der Waals surface area contributed by atoms with Gasteiger partial charge in [0.05, 0.1) is 17.6 Å². The van der Waals surface area contributed by atoms with Gasteiger partial charge >= 0.3 is 6.18 Å². The molecule has 12 heteroatoms. The van der Waals surface area contributed by atoms with Crippen molar-refractivity contribution in [1.29, 1.82) is 0 Å². The molecule has 218 valence electrons. The van der Waals surface area contributed by atoms with E-state index in [1.807, 2.05) is 4.57 Å². The molecule has 1 aliphatic carbocycles. The maximum atomic E-state index is 13.8. The number of nitrogens with zero attached hydrogens (tertiary/aromatic N) is 5. The zero-order chi connectivity index (χ0) is 29.0. The second-order valence-corrected chi connectivity index (χ2v) is 10.6. The van der Waals surface area contributed by atoms with E-state index in [1.54, 1.807) is 31.5 Å². The van der Waals surface area contributed by atoms with Crippen LogP contribution in [0.15, 0.2) is 43.0 Å². The first-order valence-corrected chi connectivity index (χ1v) is 14.1. The average molecular weight is 569 g/mol. The van der Waals surface area contributed by atoms with Gasteiger partial charge in [-0.05, 0) is 63.4 Å². The molecular weight excluding hydrogens is 533 g/mol. The van der Waals surface area contributed by atoms with E-state index >= 15 is 0 Å². The summed E-state index contributed by atoms with van der Waals surface area (Å²) in [6, 6.07) is 5.61. The summed E-state index contributed by atoms with van der Waals surface area (Å²) in [7, 11) is 0. The fraction of sp³-hybridized carbons (Fsp3) is 0.448. The van der Waals surface area contributed by atoms with Gasteiger partial charge in [-0.25, -0.2) is 9.97 Å². The van der Waals surface area contributed by atoms with Gasteiger partial charge in [0.25, 0.3) is 5.91 Å². The number of anilines is 2. The molecule has 9 nitrogen and oxygen atoms in total. The predicted octanol–water partition coefficient (Wildman–Crippen LogP) is 6.05. The van der Waals surface area contributed by atoms with Gasteiger partial charge in [-0.3, -0.25) is 4.79 Å². The summed E-state index contributed by atoms with van der Waals surface area (Å²) in [5.41, 5.74) is 7.04. The number of alkyl halides is 3. The van der Waals surface area contributed by atoms with Crippen LogP contribution in [0.3, 0.4) is 0 Å². The molecule has 4 aromatic rings. The molecule has 5 rings (SSSR count). The zero-order valence-electron chi connectivity index (χ0n) is 23.0. The summed E-state index contributed by atoms with van der Waals surface area (Å²) in [5, 5.41) is 6.69. The van der Waals surface area contributed by atoms with Crippen molar-refractivity contribution >= 4 is 28.6 Å². The van der Waals surface area contributed by atoms with E-state index in [1.165, 1.54) is 10.9 Å². The molecule has 1 fully saturated rings. The second-order valence-electron chi connectivity index (χ2n) is 10.6. The van der Waals surface area contributed by atoms with E-state index in [-0.39, 0.29) is 23.6 Å². The Bertz CT molecular complexity index is 1500. The number of nitrogens with two attached hydrogens (primary N) is 1. The number of rotatable bonds is 11. The molecular formula is C29H35F3N8O. The summed E-state index contributed by atoms with van der Waals surface area (Å²) >= 11 is 0. The van der Waals surface area contributed by atoms with Crippen LogP contribution in [0.25, 0.3) is 16.7 Å². The monoisotopic (exact) mass is 568 g/mol. The number of amides is 1. The van der Waals surface area contributed by atoms with Crippen LogP contribution in [0.4, 0.5) is 24.8 Å². The van der Waals surface area contributed by atoms with Gasteiger partial charge in [0.2, 0.25) is 5.95 Å². The summed E-state index contributed by atoms with van der Waals surface area (Å²) in [5.74, 6) is -0.0184. The standard InChI is InChI=1S/C29H35F3N8O/c1-19-17-39(18-36-19)24-14-21(29(30,31)32)13-22(15-24)37-28-35-16-20-12-25(27(41)34-11-7-3-2-6-10-33)40(26(20)38-28)23-8-4-5-9-23/h12-18,23H,2-11,33H2,1H3,(H,34,41)(H,35,37,38). The van der Waals surface area contributed by atoms with Crippen LogP contribution in [0, 0.1) is 6.92 Å². The third kappa shape index (κ3) is 6.70. The number of carbonyl (C=O) groups is 1. The lowest BCUT2D eigenvalue weighted by Crippen LogP contribution is -2.27. The number of nitrogens with one attached hydrogen (secondary N) is 2. The first kappa shape index (κ1) is 28.6. The van der Waals surface area contributed by atoms with Crippen LogP contribution in [-0.4, -0.2) is 43.1 Å². The van der Waals surface area contributed by atoms with Crippen molar-refractivity contribution in [1.82, 2.24) is 29.4 Å². The summed E-state index contributed by atoms with van der Waals surface area (Å²) < 4.78 is 44.8. The van der Waals surface area contributed by atoms with E-state index in [0.29, 0.717) is 41.2 Å². The Labute approximate surface area is 236 Å². The van der Waals surface area contributed by atoms with E-state index in [9.17, 15) is 18.0 Å². The van der Waals surface area contributed by atoms with Gasteiger partial charge in [-0.15, -0.1) is 0 Å². The number of imidazole rings is 1. The maximum Gasteiger partial charge on any atom is 0.416 e. The fourth-order valence-corrected chi connectivity index (χ4v) is 5.38. The van der Waals surface area contributed by atoms with Crippen molar-refractivity contribution in [2.75, 3.05) is 18.4 Å². The molecule has 3 heterocycles. The molecule has 4 N–H and O–H groups in total. The molecule has 0 radical (unpaired) electrons. The average Bonchev–Trinajstić information content (AvgIpc) is 3.69. The largest absolute Gasteiger partial charge is 0.416 e. The van der Waals surface area contributed by atoms with Crippen LogP contribution in [-0.2, 0) is 6.18 Å². The molecule has 0 aliphatic heterocycles. The van der Waals surface area contributed by atoms with Crippen LogP contribution in [0.2, 0.25) is 0 Å². The van der Waals surface area contributed by atoms with Gasteiger partial charge in [0, 0.05) is 41.7 Å². The minimum atomic E-state index is -4.54. The summed E-state index contributed by atoms with van der Waals surface area (Å²) in [6.45, 7) is 3.01. The topological polar surface area (TPSA) is 116 Å². The van der Waals surface area contributed by atoms with Crippen molar-refractivity contribution in [3.8, 4) is 5.69 Å². The highest BCUT2D eigenvalue weighted by molar-refractivity contribution is 5.98. The van der Waals surface area contributed by atoms with E-state index in [0.717, 1.165) is 63.5 Å². The first-order chi connectivity index (χ1) is 19.7. The molecule has 0 unspecified atom stereocenters. The number of fused-ring (bicyclic) bond motifs is 1. The highest BCUT2D eigenvalue weighted by Gasteiger charge is 2.32. The molecule has 0 spiro atoms. The van der Waals surface area contributed by atoms with Crippen molar-refractivity contribution in [2.24, 2.45) is 5.73 Å². The summed E-state index contributed by atoms with van der Waals surface area (Å²) in [6.07, 6.45) is 8.05. The zero-order valence-corrected chi connectivity index (χ0v) is 23.0. The molecule has 0 bridgehead atoms. The quantitative estimate of drug-likeness (QED) is 0.190. The van der Waals surface area contributed by atoms with Gasteiger partial charge in [0.1, 0.15) is 11.3 Å². The van der Waals surface area contributed by atoms with E-state index < -0.39 is 11.7 Å². The molecule has 3 aromatic heterocycles. The Hall–Kier alpha value is -3.93. The number of benzene rings is 1. The molecule has 41 heavy (non-hydrogen) atoms. The van der Waals surface area contributed by atoms with Crippen molar-refractivity contribution in [3.05, 3.63) is 59.9 Å². The third-order valence-electron chi connectivity index (χ3n) is 7.43. The van der Waals surface area contributed by atoms with Crippen LogP contribution < -0.4 is 16.4 Å². The highest BCUT2D eigenvalue weighted by Crippen LogP contribution is 2.36. The summed E-state index contributed by atoms with van der Waals surface area (Å²) in [4.78, 5) is 26.4. The van der Waals surface area contributed by atoms with Gasteiger partial charge in [-0.2, -0.15) is 18.2 Å². The van der Waals surface area contributed by atoms with Gasteiger partial charge in [-0.1, -0.05) is 25.7 Å². The molecule has 1 saturated carbocycles. The van der Waals surface area contributed by atoms with Gasteiger partial charge < -0.3 is 25.5 Å². The van der Waals surface area contributed by atoms with E-state index in [2.05, 4.69) is 20.6 Å². The smallest absolute Gasteiger partial charge is 0.351 e. The minimum absolute atomic E-state index is 0.116. The van der Waals surface area contributed by atoms with E-state index in [4.69, 9.17) is 10.7 Å². The Kier molecular flexibility index (Phi) is 8.57. The third-order valence-corrected chi connectivity index (χ3v) is 7.43. The first-order valence-electron chi connectivity index (χ1n) is 14.1. The number of hydrogen-bond donors (Lipinski definition) is 3. The number of halogens is 3. The van der Waals surface area contributed by atoms with Crippen molar-refractivity contribution in [3.63, 3.8) is 0 Å². The van der Waals surface area contributed by atoms with Crippen molar-refractivity contribution < 1.29 is 18.0 Å². The SMILES string of the molecule is Cc1cn(-c2cc(Nc3ncc4cc(C(=O)NCCCCCCN)n(C5CCCC5)c4n3)cc(C(F)(F)F)c2)cn1. The Morgan fingerprint density at radius 3 is 2.56 bits per heavy atom. The number of aromatic nitrogens is 5. The molecule has 1 aliphatic rings. The second kappa shape index (κ2) is 12.3. The van der Waals surface area contributed by atoms with Crippen LogP contribution in [0.5, 0.6) is 0 Å². The van der Waals surface area contributed by atoms with Crippen LogP contribution in [0.1, 0.15) is 79.2 Å². The number of hydrogen-bond acceptors (Lipinski definition) is 6. The number of aryl methyl sites for hydroxylation is 1. The predicted molar refractivity (Wildman–Crippen MR) is 151 cm³/mol. The minimum Gasteiger partial charge on any atom is -0.351 e. The Balaban J connectivity index is 1.44. The highest BCUT2D eigenvalue weighted by atomic mass is 19.4. The Morgan fingerprint density at radius 1 is 1.07 bits per heavy atom. The van der Waals surface area contributed by atoms with Crippen molar-refractivity contribution in [2.45, 2.75) is 70.5 Å². The van der Waals surface area contributed by atoms with Gasteiger partial charge in [0.15, 0.2) is 0 Å². The molecule has 0 atom stereocenters. The maximum absolute atomic E-state index is 13.8. The lowest BCUT2D eigenvalue weighted by Gasteiger charge is -2.17. The molecule has 1 aromatic carbocycles.